The summed E-state index contributed by atoms with van der Waals surface area (Å²) in [5.74, 6) is 0. The van der Waals surface area contributed by atoms with Crippen molar-refractivity contribution in [2.45, 2.75) is 34.6 Å². The minimum absolute atomic E-state index is 1.10. The highest BCUT2D eigenvalue weighted by atomic mass is 79.9. The molecule has 0 nitrogen and oxygen atoms in total. The second-order valence-corrected chi connectivity index (χ2v) is 3.39. The molecule has 0 spiro atoms. The zero-order chi connectivity index (χ0) is 13.0. The van der Waals surface area contributed by atoms with Crippen molar-refractivity contribution in [1.29, 1.82) is 0 Å². The summed E-state index contributed by atoms with van der Waals surface area (Å²) in [4.78, 5) is 0. The Kier molecular flexibility index (Phi) is 13.5. The van der Waals surface area contributed by atoms with E-state index in [0.717, 1.165) is 10.0 Å². The fraction of sp³-hybridized carbons (Fsp3) is 0.333. The molecule has 0 atom stereocenters. The number of benzene rings is 1. The van der Waals surface area contributed by atoms with Gasteiger partial charge in [-0.25, -0.2) is 0 Å². The standard InChI is InChI=1S/C11H11Br.2C2H6/c1-3-5-10-8-11(12)7-6-9(10)4-2;2*1-2/h3-8H,2H2,1H3;2*1-2H3/b5-3-;;. The molecular formula is C15H23Br. The Morgan fingerprint density at radius 1 is 1.06 bits per heavy atom. The molecular weight excluding hydrogens is 260 g/mol. The van der Waals surface area contributed by atoms with Gasteiger partial charge < -0.3 is 0 Å². The summed E-state index contributed by atoms with van der Waals surface area (Å²) < 4.78 is 1.10. The van der Waals surface area contributed by atoms with Gasteiger partial charge in [0.15, 0.2) is 0 Å². The quantitative estimate of drug-likeness (QED) is 0.608. The van der Waals surface area contributed by atoms with Crippen molar-refractivity contribution in [3.63, 3.8) is 0 Å². The van der Waals surface area contributed by atoms with E-state index < -0.39 is 0 Å². The zero-order valence-corrected chi connectivity index (χ0v) is 12.6. The van der Waals surface area contributed by atoms with Gasteiger partial charge in [0.05, 0.1) is 0 Å². The Hall–Kier alpha value is -0.820. The summed E-state index contributed by atoms with van der Waals surface area (Å²) in [6.07, 6.45) is 5.96. The molecule has 1 heteroatoms. The second-order valence-electron chi connectivity index (χ2n) is 2.48. The highest BCUT2D eigenvalue weighted by molar-refractivity contribution is 9.10. The topological polar surface area (TPSA) is 0 Å². The molecule has 0 N–H and O–H groups in total. The van der Waals surface area contributed by atoms with Gasteiger partial charge in [-0.05, 0) is 30.2 Å². The largest absolute Gasteiger partial charge is 0.0984 e. The summed E-state index contributed by atoms with van der Waals surface area (Å²) >= 11 is 3.43. The third kappa shape index (κ3) is 6.62. The van der Waals surface area contributed by atoms with Gasteiger partial charge in [-0.3, -0.25) is 0 Å². The molecule has 1 aromatic rings. The molecule has 0 aliphatic heterocycles. The smallest absolute Gasteiger partial charge is 0.0181 e. The average molecular weight is 283 g/mol. The van der Waals surface area contributed by atoms with Crippen LogP contribution in [0.15, 0.2) is 35.3 Å². The van der Waals surface area contributed by atoms with E-state index in [2.05, 4.69) is 34.7 Å². The summed E-state index contributed by atoms with van der Waals surface area (Å²) in [5.41, 5.74) is 2.36. The Morgan fingerprint density at radius 3 is 2.06 bits per heavy atom. The Morgan fingerprint density at radius 2 is 1.62 bits per heavy atom. The van der Waals surface area contributed by atoms with Crippen LogP contribution in [0.4, 0.5) is 0 Å². The number of halogens is 1. The van der Waals surface area contributed by atoms with E-state index in [1.54, 1.807) is 0 Å². The molecule has 0 fully saturated rings. The van der Waals surface area contributed by atoms with E-state index in [0.29, 0.717) is 0 Å². The molecule has 0 aliphatic rings. The van der Waals surface area contributed by atoms with Crippen molar-refractivity contribution in [2.75, 3.05) is 0 Å². The van der Waals surface area contributed by atoms with Crippen molar-refractivity contribution < 1.29 is 0 Å². The normalized spacial score (nSPS) is 8.62. The fourth-order valence-corrected chi connectivity index (χ4v) is 1.43. The third-order valence-corrected chi connectivity index (χ3v) is 2.11. The number of hydrogen-bond acceptors (Lipinski definition) is 0. The first-order valence-corrected chi connectivity index (χ1v) is 6.62. The van der Waals surface area contributed by atoms with Crippen LogP contribution in [0.2, 0.25) is 0 Å². The molecule has 0 amide bonds. The lowest BCUT2D eigenvalue weighted by molar-refractivity contribution is 1.50. The van der Waals surface area contributed by atoms with E-state index in [1.807, 2.05) is 58.9 Å². The van der Waals surface area contributed by atoms with Gasteiger partial charge in [0.25, 0.3) is 0 Å². The van der Waals surface area contributed by atoms with E-state index in [1.165, 1.54) is 5.56 Å². The van der Waals surface area contributed by atoms with E-state index in [9.17, 15) is 0 Å². The Labute approximate surface area is 109 Å². The van der Waals surface area contributed by atoms with Crippen molar-refractivity contribution >= 4 is 28.1 Å². The highest BCUT2D eigenvalue weighted by Crippen LogP contribution is 2.18. The lowest BCUT2D eigenvalue weighted by Crippen LogP contribution is -1.79. The SMILES string of the molecule is C=Cc1ccc(Br)cc1/C=C\C.CC.CC. The summed E-state index contributed by atoms with van der Waals surface area (Å²) in [6.45, 7) is 13.8. The van der Waals surface area contributed by atoms with Crippen LogP contribution in [0.3, 0.4) is 0 Å². The monoisotopic (exact) mass is 282 g/mol. The van der Waals surface area contributed by atoms with Crippen LogP contribution in [0.1, 0.15) is 45.7 Å². The zero-order valence-electron chi connectivity index (χ0n) is 11.0. The maximum Gasteiger partial charge on any atom is 0.0181 e. The molecule has 0 unspecified atom stereocenters. The van der Waals surface area contributed by atoms with Gasteiger partial charge in [0.2, 0.25) is 0 Å². The minimum atomic E-state index is 1.10. The molecule has 90 valence electrons. The lowest BCUT2D eigenvalue weighted by atomic mass is 10.1. The summed E-state index contributed by atoms with van der Waals surface area (Å²) in [6, 6.07) is 6.15. The minimum Gasteiger partial charge on any atom is -0.0984 e. The van der Waals surface area contributed by atoms with Crippen molar-refractivity contribution in [3.05, 3.63) is 46.5 Å². The molecule has 0 aliphatic carbocycles. The number of rotatable bonds is 2. The van der Waals surface area contributed by atoms with E-state index in [-0.39, 0.29) is 0 Å². The highest BCUT2D eigenvalue weighted by Gasteiger charge is 1.95. The van der Waals surface area contributed by atoms with Gasteiger partial charge in [-0.2, -0.15) is 0 Å². The number of hydrogen-bond donors (Lipinski definition) is 0. The van der Waals surface area contributed by atoms with Crippen molar-refractivity contribution in [2.24, 2.45) is 0 Å². The second kappa shape index (κ2) is 12.3. The van der Waals surface area contributed by atoms with Crippen LogP contribution in [-0.4, -0.2) is 0 Å². The van der Waals surface area contributed by atoms with Crippen LogP contribution in [0.25, 0.3) is 12.2 Å². The van der Waals surface area contributed by atoms with Gasteiger partial charge in [0.1, 0.15) is 0 Å². The van der Waals surface area contributed by atoms with Gasteiger partial charge in [0, 0.05) is 4.47 Å². The first-order valence-electron chi connectivity index (χ1n) is 5.82. The van der Waals surface area contributed by atoms with Crippen molar-refractivity contribution in [3.8, 4) is 0 Å². The van der Waals surface area contributed by atoms with Crippen LogP contribution < -0.4 is 0 Å². The number of allylic oxidation sites excluding steroid dienone is 1. The van der Waals surface area contributed by atoms with Gasteiger partial charge >= 0.3 is 0 Å². The maximum absolute atomic E-state index is 3.75. The lowest BCUT2D eigenvalue weighted by Gasteiger charge is -2.00. The summed E-state index contributed by atoms with van der Waals surface area (Å²) in [7, 11) is 0. The predicted molar refractivity (Wildman–Crippen MR) is 81.6 cm³/mol. The molecule has 1 rings (SSSR count). The third-order valence-electron chi connectivity index (χ3n) is 1.61. The predicted octanol–water partition coefficient (Wildman–Crippen LogP) is 6.18. The summed E-state index contributed by atoms with van der Waals surface area (Å²) in [5, 5.41) is 0. The van der Waals surface area contributed by atoms with Crippen molar-refractivity contribution in [1.82, 2.24) is 0 Å². The molecule has 0 bridgehead atoms. The van der Waals surface area contributed by atoms with Crippen LogP contribution in [0, 0.1) is 0 Å². The first-order chi connectivity index (χ1) is 7.77. The van der Waals surface area contributed by atoms with Gasteiger partial charge in [-0.15, -0.1) is 0 Å². The molecule has 0 heterocycles. The van der Waals surface area contributed by atoms with Gasteiger partial charge in [-0.1, -0.05) is 74.5 Å². The van der Waals surface area contributed by atoms with Crippen LogP contribution >= 0.6 is 15.9 Å². The molecule has 1 aromatic carbocycles. The molecule has 16 heavy (non-hydrogen) atoms. The maximum atomic E-state index is 3.75. The average Bonchev–Trinajstić information content (AvgIpc) is 2.35. The fourth-order valence-electron chi connectivity index (χ4n) is 1.06. The molecule has 0 aromatic heterocycles. The molecule has 0 radical (unpaired) electrons. The Balaban J connectivity index is 0. The first kappa shape index (κ1) is 17.6. The Bertz CT molecular complexity index is 311. The molecule has 0 saturated carbocycles. The van der Waals surface area contributed by atoms with E-state index in [4.69, 9.17) is 0 Å². The van der Waals surface area contributed by atoms with E-state index >= 15 is 0 Å². The van der Waals surface area contributed by atoms with Crippen LogP contribution in [-0.2, 0) is 0 Å². The van der Waals surface area contributed by atoms with Crippen LogP contribution in [0.5, 0.6) is 0 Å². The molecule has 0 saturated heterocycles.